The highest BCUT2D eigenvalue weighted by molar-refractivity contribution is 7.72. The summed E-state index contributed by atoms with van der Waals surface area (Å²) < 4.78 is 10.8. The summed E-state index contributed by atoms with van der Waals surface area (Å²) in [6.45, 7) is 1.70. The Morgan fingerprint density at radius 3 is 2.12 bits per heavy atom. The van der Waals surface area contributed by atoms with Crippen molar-refractivity contribution in [3.05, 3.63) is 0 Å². The summed E-state index contributed by atoms with van der Waals surface area (Å²) in [7, 11) is -2.49. The maximum Gasteiger partial charge on any atom is 0.224 e. The zero-order valence-corrected chi connectivity index (χ0v) is 5.56. The predicted molar refractivity (Wildman–Crippen MR) is 30.2 cm³/mol. The first-order chi connectivity index (χ1) is 3.52. The summed E-state index contributed by atoms with van der Waals surface area (Å²) in [5, 5.41) is 17.3. The quantitative estimate of drug-likeness (QED) is 0.394. The van der Waals surface area contributed by atoms with E-state index in [0.29, 0.717) is 6.16 Å². The fourth-order valence-electron chi connectivity index (χ4n) is 0.672. The molecule has 2 N–H and O–H groups in total. The lowest BCUT2D eigenvalue weighted by molar-refractivity contribution is -0.0330. The Kier molecular flexibility index (Phi) is 1.06. The maximum absolute atomic E-state index is 10.8. The van der Waals surface area contributed by atoms with E-state index in [9.17, 15) is 4.57 Å². The van der Waals surface area contributed by atoms with E-state index in [1.54, 1.807) is 6.92 Å². The van der Waals surface area contributed by atoms with Gasteiger partial charge in [0.2, 0.25) is 5.53 Å². The Labute approximate surface area is 47.7 Å². The van der Waals surface area contributed by atoms with Gasteiger partial charge in [-0.05, 0) is 0 Å². The monoisotopic (exact) mass is 136 g/mol. The SMILES string of the molecule is CCP1(=O)CC1(O)O. The molecule has 0 bridgehead atoms. The molecular weight excluding hydrogens is 127 g/mol. The molecule has 1 heterocycles. The summed E-state index contributed by atoms with van der Waals surface area (Å²) >= 11 is 0. The average Bonchev–Trinajstić information content (AvgIpc) is 2.10. The van der Waals surface area contributed by atoms with Crippen molar-refractivity contribution >= 4 is 7.14 Å². The van der Waals surface area contributed by atoms with Gasteiger partial charge < -0.3 is 14.8 Å². The second kappa shape index (κ2) is 1.35. The molecular formula is C4H9O3P. The molecule has 0 aromatic heterocycles. The lowest BCUT2D eigenvalue weighted by Crippen LogP contribution is -2.04. The number of hydrogen-bond acceptors (Lipinski definition) is 3. The van der Waals surface area contributed by atoms with Crippen LogP contribution >= 0.6 is 7.14 Å². The molecule has 1 fully saturated rings. The van der Waals surface area contributed by atoms with Gasteiger partial charge in [-0.25, -0.2) is 0 Å². The Bertz CT molecular complexity index is 151. The van der Waals surface area contributed by atoms with Crippen molar-refractivity contribution in [2.45, 2.75) is 12.5 Å². The molecule has 0 amide bonds. The molecule has 0 aromatic carbocycles. The summed E-state index contributed by atoms with van der Waals surface area (Å²) in [6.07, 6.45) is 0.497. The van der Waals surface area contributed by atoms with Crippen LogP contribution in [0.1, 0.15) is 6.92 Å². The summed E-state index contributed by atoms with van der Waals surface area (Å²) in [4.78, 5) is 0. The topological polar surface area (TPSA) is 57.5 Å². The van der Waals surface area contributed by atoms with Crippen molar-refractivity contribution in [1.82, 2.24) is 0 Å². The predicted octanol–water partition coefficient (Wildman–Crippen LogP) is 0.0214. The van der Waals surface area contributed by atoms with Gasteiger partial charge in [0.15, 0.2) is 7.14 Å². The fourth-order valence-corrected chi connectivity index (χ4v) is 2.49. The van der Waals surface area contributed by atoms with Crippen molar-refractivity contribution in [3.8, 4) is 0 Å². The van der Waals surface area contributed by atoms with Crippen LogP contribution in [0.15, 0.2) is 0 Å². The van der Waals surface area contributed by atoms with E-state index in [1.807, 2.05) is 0 Å². The Balaban J connectivity index is 2.69. The molecule has 0 radical (unpaired) electrons. The van der Waals surface area contributed by atoms with Crippen LogP contribution in [0.25, 0.3) is 0 Å². The van der Waals surface area contributed by atoms with Crippen LogP contribution in [-0.4, -0.2) is 28.1 Å². The summed E-state index contributed by atoms with van der Waals surface area (Å²) in [5.41, 5.74) is -1.79. The fraction of sp³-hybridized carbons (Fsp3) is 1.00. The van der Waals surface area contributed by atoms with Crippen LogP contribution in [-0.2, 0) is 4.57 Å². The molecule has 8 heavy (non-hydrogen) atoms. The molecule has 0 aromatic rings. The van der Waals surface area contributed by atoms with Crippen molar-refractivity contribution in [1.29, 1.82) is 0 Å². The first kappa shape index (κ1) is 6.27. The third-order valence-electron chi connectivity index (χ3n) is 1.53. The van der Waals surface area contributed by atoms with Crippen LogP contribution in [0.2, 0.25) is 0 Å². The molecule has 0 saturated carbocycles. The highest BCUT2D eigenvalue weighted by atomic mass is 31.2. The van der Waals surface area contributed by atoms with Crippen molar-refractivity contribution in [3.63, 3.8) is 0 Å². The van der Waals surface area contributed by atoms with Gasteiger partial charge in [-0.1, -0.05) is 6.92 Å². The van der Waals surface area contributed by atoms with E-state index in [0.717, 1.165) is 0 Å². The van der Waals surface area contributed by atoms with Gasteiger partial charge in [0.1, 0.15) is 0 Å². The first-order valence-corrected chi connectivity index (χ1v) is 4.62. The molecule has 1 aliphatic rings. The van der Waals surface area contributed by atoms with E-state index in [4.69, 9.17) is 10.2 Å². The van der Waals surface area contributed by atoms with Crippen LogP contribution in [0.4, 0.5) is 0 Å². The molecule has 4 heteroatoms. The van der Waals surface area contributed by atoms with Gasteiger partial charge in [0.25, 0.3) is 0 Å². The molecule has 1 unspecified atom stereocenters. The molecule has 1 rings (SSSR count). The second-order valence-electron chi connectivity index (χ2n) is 2.14. The average molecular weight is 136 g/mol. The lowest BCUT2D eigenvalue weighted by atomic mass is 10.8. The van der Waals surface area contributed by atoms with E-state index in [-0.39, 0.29) is 6.16 Å². The molecule has 0 aliphatic carbocycles. The van der Waals surface area contributed by atoms with E-state index < -0.39 is 12.7 Å². The number of aliphatic hydroxyl groups is 2. The highest BCUT2D eigenvalue weighted by Crippen LogP contribution is 2.72. The Morgan fingerprint density at radius 1 is 1.75 bits per heavy atom. The minimum Gasteiger partial charge on any atom is -0.359 e. The highest BCUT2D eigenvalue weighted by Gasteiger charge is 2.62. The Morgan fingerprint density at radius 2 is 2.12 bits per heavy atom. The van der Waals surface area contributed by atoms with Crippen LogP contribution < -0.4 is 0 Å². The number of rotatable bonds is 1. The second-order valence-corrected chi connectivity index (χ2v) is 5.58. The largest absolute Gasteiger partial charge is 0.359 e. The van der Waals surface area contributed by atoms with Crippen LogP contribution in [0, 0.1) is 0 Å². The molecule has 48 valence electrons. The third kappa shape index (κ3) is 0.625. The molecule has 1 saturated heterocycles. The third-order valence-corrected chi connectivity index (χ3v) is 4.58. The van der Waals surface area contributed by atoms with E-state index in [2.05, 4.69) is 0 Å². The first-order valence-electron chi connectivity index (χ1n) is 2.55. The van der Waals surface area contributed by atoms with Gasteiger partial charge in [0.05, 0.1) is 6.16 Å². The van der Waals surface area contributed by atoms with Crippen molar-refractivity contribution < 1.29 is 14.8 Å². The molecule has 1 aliphatic heterocycles. The van der Waals surface area contributed by atoms with E-state index >= 15 is 0 Å². The molecule has 1 atom stereocenters. The lowest BCUT2D eigenvalue weighted by Gasteiger charge is -1.95. The molecule has 0 spiro atoms. The minimum atomic E-state index is -2.49. The smallest absolute Gasteiger partial charge is 0.224 e. The van der Waals surface area contributed by atoms with Gasteiger partial charge in [-0.2, -0.15) is 0 Å². The molecule has 3 nitrogen and oxygen atoms in total. The zero-order valence-electron chi connectivity index (χ0n) is 4.66. The standard InChI is InChI=1S/C4H9O3P/c1-2-8(7)3-4(8,5)6/h5-6H,2-3H2,1H3. The van der Waals surface area contributed by atoms with Gasteiger partial charge >= 0.3 is 0 Å². The summed E-state index contributed by atoms with van der Waals surface area (Å²) in [5.74, 6) is 0. The summed E-state index contributed by atoms with van der Waals surface area (Å²) in [6, 6.07) is 0. The van der Waals surface area contributed by atoms with Gasteiger partial charge in [-0.15, -0.1) is 0 Å². The number of hydrogen-bond donors (Lipinski definition) is 2. The normalized spacial score (nSPS) is 41.9. The van der Waals surface area contributed by atoms with E-state index in [1.165, 1.54) is 0 Å². The van der Waals surface area contributed by atoms with Gasteiger partial charge in [-0.3, -0.25) is 0 Å². The minimum absolute atomic E-state index is 0.0938. The Hall–Kier alpha value is 0.150. The zero-order chi connectivity index (χ0) is 6.41. The van der Waals surface area contributed by atoms with Crippen LogP contribution in [0.5, 0.6) is 0 Å². The van der Waals surface area contributed by atoms with Crippen molar-refractivity contribution in [2.24, 2.45) is 0 Å². The van der Waals surface area contributed by atoms with Gasteiger partial charge in [0, 0.05) is 6.16 Å². The maximum atomic E-state index is 10.8. The van der Waals surface area contributed by atoms with Crippen molar-refractivity contribution in [2.75, 3.05) is 12.3 Å². The van der Waals surface area contributed by atoms with Crippen LogP contribution in [0.3, 0.4) is 0 Å².